The van der Waals surface area contributed by atoms with Crippen molar-refractivity contribution in [3.05, 3.63) is 29.3 Å². The van der Waals surface area contributed by atoms with Crippen LogP contribution in [0.1, 0.15) is 36.8 Å². The Kier molecular flexibility index (Phi) is 7.74. The predicted octanol–water partition coefficient (Wildman–Crippen LogP) is 2.82. The summed E-state index contributed by atoms with van der Waals surface area (Å²) in [4.78, 5) is 12.6. The second-order valence-electron chi connectivity index (χ2n) is 7.46. The standard InChI is InChI=1S/C20H30N2O3.ClH/c1-13-4-5-16(17(10-13)25-9-3-8-24-2)12-22-20(23)18-14-6-7-15(11-14)19(18)21;/h4-5,10,14-15,18-19H,3,6-9,11-12,21H2,1-2H3,(H,22,23);1H. The number of carbonyl (C=O) groups excluding carboxylic acids is 1. The van der Waals surface area contributed by atoms with Crippen molar-refractivity contribution in [1.29, 1.82) is 0 Å². The van der Waals surface area contributed by atoms with Crippen molar-refractivity contribution in [2.24, 2.45) is 23.5 Å². The van der Waals surface area contributed by atoms with Gasteiger partial charge in [-0.25, -0.2) is 0 Å². The third-order valence-corrected chi connectivity index (χ3v) is 5.71. The van der Waals surface area contributed by atoms with E-state index in [9.17, 15) is 4.79 Å². The van der Waals surface area contributed by atoms with Crippen LogP contribution in [-0.4, -0.2) is 32.3 Å². The number of fused-ring (bicyclic) bond motifs is 2. The van der Waals surface area contributed by atoms with Gasteiger partial charge >= 0.3 is 0 Å². The number of hydrogen-bond donors (Lipinski definition) is 2. The lowest BCUT2D eigenvalue weighted by Gasteiger charge is -2.27. The Labute approximate surface area is 162 Å². The smallest absolute Gasteiger partial charge is 0.225 e. The molecule has 5 nitrogen and oxygen atoms in total. The quantitative estimate of drug-likeness (QED) is 0.678. The molecule has 3 N–H and O–H groups in total. The number of aryl methyl sites for hydroxylation is 1. The molecule has 1 aromatic rings. The monoisotopic (exact) mass is 382 g/mol. The molecule has 0 spiro atoms. The maximum absolute atomic E-state index is 12.6. The van der Waals surface area contributed by atoms with Gasteiger partial charge in [-0.05, 0) is 49.7 Å². The third kappa shape index (κ3) is 4.70. The highest BCUT2D eigenvalue weighted by Gasteiger charge is 2.48. The zero-order valence-corrected chi connectivity index (χ0v) is 16.5. The van der Waals surface area contributed by atoms with E-state index in [-0.39, 0.29) is 30.3 Å². The minimum Gasteiger partial charge on any atom is -0.493 e. The summed E-state index contributed by atoms with van der Waals surface area (Å²) in [5, 5.41) is 3.09. The molecule has 3 rings (SSSR count). The van der Waals surface area contributed by atoms with Crippen molar-refractivity contribution in [2.75, 3.05) is 20.3 Å². The number of ether oxygens (including phenoxy) is 2. The highest BCUT2D eigenvalue weighted by Crippen LogP contribution is 2.47. The molecule has 2 aliphatic carbocycles. The summed E-state index contributed by atoms with van der Waals surface area (Å²) in [6.45, 7) is 3.81. The number of methoxy groups -OCH3 is 1. The average Bonchev–Trinajstić information content (AvgIpc) is 3.19. The van der Waals surface area contributed by atoms with Crippen LogP contribution in [0, 0.1) is 24.7 Å². The molecule has 26 heavy (non-hydrogen) atoms. The van der Waals surface area contributed by atoms with Gasteiger partial charge in [0.25, 0.3) is 0 Å². The lowest BCUT2D eigenvalue weighted by Crippen LogP contribution is -2.45. The molecule has 146 valence electrons. The first-order chi connectivity index (χ1) is 12.1. The van der Waals surface area contributed by atoms with Crippen LogP contribution in [0.2, 0.25) is 0 Å². The molecule has 2 aliphatic rings. The van der Waals surface area contributed by atoms with Gasteiger partial charge in [0.15, 0.2) is 0 Å². The van der Waals surface area contributed by atoms with Gasteiger partial charge in [-0.2, -0.15) is 0 Å². The van der Waals surface area contributed by atoms with Crippen LogP contribution in [0.4, 0.5) is 0 Å². The fraction of sp³-hybridized carbons (Fsp3) is 0.650. The van der Waals surface area contributed by atoms with E-state index in [0.29, 0.717) is 31.6 Å². The molecule has 0 heterocycles. The van der Waals surface area contributed by atoms with Crippen LogP contribution in [0.25, 0.3) is 0 Å². The van der Waals surface area contributed by atoms with E-state index in [0.717, 1.165) is 36.1 Å². The topological polar surface area (TPSA) is 73.6 Å². The molecule has 2 saturated carbocycles. The molecule has 2 bridgehead atoms. The number of benzene rings is 1. The molecule has 0 saturated heterocycles. The molecule has 0 radical (unpaired) electrons. The summed E-state index contributed by atoms with van der Waals surface area (Å²) in [5.41, 5.74) is 8.43. The van der Waals surface area contributed by atoms with E-state index in [1.54, 1.807) is 7.11 Å². The van der Waals surface area contributed by atoms with E-state index in [1.807, 2.05) is 25.1 Å². The van der Waals surface area contributed by atoms with Gasteiger partial charge in [0, 0.05) is 38.3 Å². The van der Waals surface area contributed by atoms with E-state index in [2.05, 4.69) is 5.32 Å². The van der Waals surface area contributed by atoms with Crippen molar-refractivity contribution in [2.45, 2.75) is 45.2 Å². The summed E-state index contributed by atoms with van der Waals surface area (Å²) >= 11 is 0. The first-order valence-corrected chi connectivity index (χ1v) is 9.34. The number of rotatable bonds is 8. The molecule has 0 aromatic heterocycles. The highest BCUT2D eigenvalue weighted by molar-refractivity contribution is 5.85. The van der Waals surface area contributed by atoms with Gasteiger partial charge in [0.05, 0.1) is 12.5 Å². The van der Waals surface area contributed by atoms with Crippen LogP contribution in [0.3, 0.4) is 0 Å². The van der Waals surface area contributed by atoms with Crippen molar-refractivity contribution in [3.8, 4) is 5.75 Å². The van der Waals surface area contributed by atoms with Crippen LogP contribution in [0.15, 0.2) is 18.2 Å². The second-order valence-corrected chi connectivity index (χ2v) is 7.46. The van der Waals surface area contributed by atoms with Crippen molar-refractivity contribution in [3.63, 3.8) is 0 Å². The zero-order valence-electron chi connectivity index (χ0n) is 15.7. The summed E-state index contributed by atoms with van der Waals surface area (Å²) in [6, 6.07) is 6.13. The van der Waals surface area contributed by atoms with Crippen molar-refractivity contribution in [1.82, 2.24) is 5.32 Å². The molecule has 1 amide bonds. The Hall–Kier alpha value is -1.30. The first kappa shape index (κ1) is 21.0. The van der Waals surface area contributed by atoms with Crippen LogP contribution in [-0.2, 0) is 16.1 Å². The SMILES string of the molecule is COCCCOc1cc(C)ccc1CNC(=O)C1C2CCC(C2)C1N.Cl. The van der Waals surface area contributed by atoms with Gasteiger partial charge in [-0.3, -0.25) is 4.79 Å². The molecular weight excluding hydrogens is 352 g/mol. The minimum absolute atomic E-state index is 0. The van der Waals surface area contributed by atoms with E-state index >= 15 is 0 Å². The molecule has 0 aliphatic heterocycles. The predicted molar refractivity (Wildman–Crippen MR) is 105 cm³/mol. The Morgan fingerprint density at radius 3 is 2.73 bits per heavy atom. The largest absolute Gasteiger partial charge is 0.493 e. The Bertz CT molecular complexity index is 609. The molecule has 6 heteroatoms. The molecular formula is C20H31ClN2O3. The summed E-state index contributed by atoms with van der Waals surface area (Å²) in [7, 11) is 1.69. The van der Waals surface area contributed by atoms with Gasteiger partial charge < -0.3 is 20.5 Å². The van der Waals surface area contributed by atoms with Gasteiger partial charge in [-0.15, -0.1) is 12.4 Å². The molecule has 4 atom stereocenters. The summed E-state index contributed by atoms with van der Waals surface area (Å²) in [6.07, 6.45) is 4.30. The zero-order chi connectivity index (χ0) is 17.8. The second kappa shape index (κ2) is 9.58. The number of halogens is 1. The van der Waals surface area contributed by atoms with Gasteiger partial charge in [-0.1, -0.05) is 12.1 Å². The Morgan fingerprint density at radius 2 is 2.04 bits per heavy atom. The van der Waals surface area contributed by atoms with E-state index in [4.69, 9.17) is 15.2 Å². The number of nitrogens with one attached hydrogen (secondary N) is 1. The lowest BCUT2D eigenvalue weighted by molar-refractivity contribution is -0.127. The van der Waals surface area contributed by atoms with Crippen molar-refractivity contribution < 1.29 is 14.3 Å². The van der Waals surface area contributed by atoms with E-state index < -0.39 is 0 Å². The van der Waals surface area contributed by atoms with Gasteiger partial charge in [0.2, 0.25) is 5.91 Å². The van der Waals surface area contributed by atoms with Crippen LogP contribution >= 0.6 is 12.4 Å². The molecule has 1 aromatic carbocycles. The fourth-order valence-corrected chi connectivity index (χ4v) is 4.35. The number of nitrogens with two attached hydrogens (primary N) is 1. The normalized spacial score (nSPS) is 26.4. The lowest BCUT2D eigenvalue weighted by atomic mass is 9.84. The van der Waals surface area contributed by atoms with Gasteiger partial charge in [0.1, 0.15) is 5.75 Å². The van der Waals surface area contributed by atoms with Crippen molar-refractivity contribution >= 4 is 18.3 Å². The number of carbonyl (C=O) groups is 1. The van der Waals surface area contributed by atoms with E-state index in [1.165, 1.54) is 6.42 Å². The Morgan fingerprint density at radius 1 is 1.27 bits per heavy atom. The maximum atomic E-state index is 12.6. The maximum Gasteiger partial charge on any atom is 0.225 e. The Balaban J connectivity index is 0.00000243. The first-order valence-electron chi connectivity index (χ1n) is 9.34. The van der Waals surface area contributed by atoms with Crippen LogP contribution < -0.4 is 15.8 Å². The number of amides is 1. The molecule has 2 fully saturated rings. The minimum atomic E-state index is -0.0183. The summed E-state index contributed by atoms with van der Waals surface area (Å²) in [5.74, 6) is 1.94. The fourth-order valence-electron chi connectivity index (χ4n) is 4.35. The number of hydrogen-bond acceptors (Lipinski definition) is 4. The third-order valence-electron chi connectivity index (χ3n) is 5.71. The highest BCUT2D eigenvalue weighted by atomic mass is 35.5. The average molecular weight is 383 g/mol. The summed E-state index contributed by atoms with van der Waals surface area (Å²) < 4.78 is 10.9. The van der Waals surface area contributed by atoms with Crippen LogP contribution in [0.5, 0.6) is 5.75 Å². The molecule has 4 unspecified atom stereocenters.